The van der Waals surface area contributed by atoms with E-state index in [2.05, 4.69) is 10.3 Å². The Hall–Kier alpha value is -1.85. The maximum Gasteiger partial charge on any atom is 0.226 e. The standard InChI is InChI=1S/C16H19ClN2O3/c1-11(3-2-8-20)18-15(21)9-14-10-22-16(19-14)12-4-6-13(17)7-5-12/h4-7,10-11,20H,2-3,8-9H2,1H3,(H,18,21). The summed E-state index contributed by atoms with van der Waals surface area (Å²) in [5.41, 5.74) is 1.39. The van der Waals surface area contributed by atoms with E-state index in [1.165, 1.54) is 6.26 Å². The van der Waals surface area contributed by atoms with E-state index in [9.17, 15) is 4.79 Å². The minimum Gasteiger partial charge on any atom is -0.444 e. The Morgan fingerprint density at radius 3 is 2.82 bits per heavy atom. The Morgan fingerprint density at radius 2 is 2.14 bits per heavy atom. The van der Waals surface area contributed by atoms with Crippen molar-refractivity contribution in [1.29, 1.82) is 0 Å². The number of rotatable bonds is 7. The Balaban J connectivity index is 1.91. The monoisotopic (exact) mass is 322 g/mol. The fourth-order valence-corrected chi connectivity index (χ4v) is 2.20. The molecule has 22 heavy (non-hydrogen) atoms. The largest absolute Gasteiger partial charge is 0.444 e. The molecule has 1 amide bonds. The van der Waals surface area contributed by atoms with Crippen LogP contribution in [0.5, 0.6) is 0 Å². The maximum atomic E-state index is 11.9. The molecule has 0 aliphatic carbocycles. The van der Waals surface area contributed by atoms with Gasteiger partial charge in [-0.2, -0.15) is 0 Å². The van der Waals surface area contributed by atoms with Gasteiger partial charge < -0.3 is 14.8 Å². The number of benzene rings is 1. The zero-order valence-electron chi connectivity index (χ0n) is 12.4. The highest BCUT2D eigenvalue weighted by Gasteiger charge is 2.12. The van der Waals surface area contributed by atoms with Crippen molar-refractivity contribution in [2.75, 3.05) is 6.61 Å². The van der Waals surface area contributed by atoms with Gasteiger partial charge in [-0.05, 0) is 44.0 Å². The van der Waals surface area contributed by atoms with E-state index in [-0.39, 0.29) is 25.0 Å². The van der Waals surface area contributed by atoms with Crippen LogP contribution >= 0.6 is 11.6 Å². The van der Waals surface area contributed by atoms with Gasteiger partial charge in [-0.1, -0.05) is 11.6 Å². The molecule has 5 nitrogen and oxygen atoms in total. The third kappa shape index (κ3) is 4.86. The van der Waals surface area contributed by atoms with Crippen LogP contribution in [-0.2, 0) is 11.2 Å². The molecule has 0 saturated heterocycles. The first kappa shape index (κ1) is 16.5. The van der Waals surface area contributed by atoms with E-state index >= 15 is 0 Å². The molecular formula is C16H19ClN2O3. The van der Waals surface area contributed by atoms with E-state index in [1.54, 1.807) is 12.1 Å². The summed E-state index contributed by atoms with van der Waals surface area (Å²) in [6.45, 7) is 2.05. The number of nitrogens with zero attached hydrogens (tertiary/aromatic N) is 1. The highest BCUT2D eigenvalue weighted by molar-refractivity contribution is 6.30. The van der Waals surface area contributed by atoms with Crippen molar-refractivity contribution in [3.05, 3.63) is 41.2 Å². The molecule has 6 heteroatoms. The SMILES string of the molecule is CC(CCCO)NC(=O)Cc1coc(-c2ccc(Cl)cc2)n1. The number of nitrogens with one attached hydrogen (secondary N) is 1. The van der Waals surface area contributed by atoms with Crippen LogP contribution in [0.15, 0.2) is 34.9 Å². The van der Waals surface area contributed by atoms with Crippen molar-refractivity contribution in [1.82, 2.24) is 10.3 Å². The Morgan fingerprint density at radius 1 is 1.41 bits per heavy atom. The summed E-state index contributed by atoms with van der Waals surface area (Å²) in [4.78, 5) is 16.2. The normalized spacial score (nSPS) is 12.1. The van der Waals surface area contributed by atoms with Crippen LogP contribution in [-0.4, -0.2) is 28.6 Å². The minimum atomic E-state index is -0.110. The first-order chi connectivity index (χ1) is 10.6. The number of oxazole rings is 1. The van der Waals surface area contributed by atoms with Crippen molar-refractivity contribution in [3.8, 4) is 11.5 Å². The fraction of sp³-hybridized carbons (Fsp3) is 0.375. The molecule has 0 aliphatic rings. The topological polar surface area (TPSA) is 75.4 Å². The predicted octanol–water partition coefficient (Wildman–Crippen LogP) is 2.81. The number of aromatic nitrogens is 1. The van der Waals surface area contributed by atoms with E-state index in [1.807, 2.05) is 19.1 Å². The molecule has 0 bridgehead atoms. The number of aliphatic hydroxyl groups is 1. The summed E-state index contributed by atoms with van der Waals surface area (Å²) in [5.74, 6) is 0.356. The Labute approximate surface area is 134 Å². The number of carbonyl (C=O) groups is 1. The molecule has 1 unspecified atom stereocenters. The highest BCUT2D eigenvalue weighted by Crippen LogP contribution is 2.21. The average Bonchev–Trinajstić information content (AvgIpc) is 2.94. The van der Waals surface area contributed by atoms with Crippen molar-refractivity contribution in [2.45, 2.75) is 32.2 Å². The number of carbonyl (C=O) groups excluding carboxylic acids is 1. The first-order valence-electron chi connectivity index (χ1n) is 7.19. The Bertz CT molecular complexity index is 610. The summed E-state index contributed by atoms with van der Waals surface area (Å²) >= 11 is 5.84. The van der Waals surface area contributed by atoms with Gasteiger partial charge in [0, 0.05) is 23.2 Å². The molecule has 1 atom stereocenters. The maximum absolute atomic E-state index is 11.9. The quantitative estimate of drug-likeness (QED) is 0.822. The van der Waals surface area contributed by atoms with Crippen LogP contribution in [0.3, 0.4) is 0 Å². The zero-order chi connectivity index (χ0) is 15.9. The number of hydrogen-bond donors (Lipinski definition) is 2. The molecule has 2 N–H and O–H groups in total. The van der Waals surface area contributed by atoms with Crippen LogP contribution < -0.4 is 5.32 Å². The lowest BCUT2D eigenvalue weighted by Crippen LogP contribution is -2.33. The molecule has 0 fully saturated rings. The van der Waals surface area contributed by atoms with Crippen molar-refractivity contribution < 1.29 is 14.3 Å². The van der Waals surface area contributed by atoms with E-state index < -0.39 is 0 Å². The molecule has 2 aromatic rings. The average molecular weight is 323 g/mol. The molecule has 1 heterocycles. The minimum absolute atomic E-state index is 0.0299. The second kappa shape index (κ2) is 7.96. The predicted molar refractivity (Wildman–Crippen MR) is 84.6 cm³/mol. The van der Waals surface area contributed by atoms with Gasteiger partial charge in [0.25, 0.3) is 0 Å². The number of amides is 1. The number of aliphatic hydroxyl groups excluding tert-OH is 1. The molecular weight excluding hydrogens is 304 g/mol. The summed E-state index contributed by atoms with van der Waals surface area (Å²) < 4.78 is 5.39. The first-order valence-corrected chi connectivity index (χ1v) is 7.57. The van der Waals surface area contributed by atoms with Crippen LogP contribution in [0.1, 0.15) is 25.5 Å². The van der Waals surface area contributed by atoms with Gasteiger partial charge in [0.15, 0.2) is 0 Å². The third-order valence-electron chi connectivity index (χ3n) is 3.19. The van der Waals surface area contributed by atoms with Crippen LogP contribution in [0.2, 0.25) is 5.02 Å². The van der Waals surface area contributed by atoms with Gasteiger partial charge in [0.05, 0.1) is 12.1 Å². The van der Waals surface area contributed by atoms with Crippen LogP contribution in [0.4, 0.5) is 0 Å². The van der Waals surface area contributed by atoms with Gasteiger partial charge >= 0.3 is 0 Å². The van der Waals surface area contributed by atoms with Crippen LogP contribution in [0.25, 0.3) is 11.5 Å². The smallest absolute Gasteiger partial charge is 0.226 e. The third-order valence-corrected chi connectivity index (χ3v) is 3.44. The van der Waals surface area contributed by atoms with Gasteiger partial charge in [0.2, 0.25) is 11.8 Å². The van der Waals surface area contributed by atoms with Gasteiger partial charge in [-0.25, -0.2) is 4.98 Å². The fourth-order valence-electron chi connectivity index (χ4n) is 2.07. The molecule has 0 saturated carbocycles. The Kier molecular flexibility index (Phi) is 5.98. The summed E-state index contributed by atoms with van der Waals surface area (Å²) in [6.07, 6.45) is 3.08. The van der Waals surface area contributed by atoms with E-state index in [0.717, 1.165) is 12.0 Å². The highest BCUT2D eigenvalue weighted by atomic mass is 35.5. The lowest BCUT2D eigenvalue weighted by Gasteiger charge is -2.12. The molecule has 2 rings (SSSR count). The lowest BCUT2D eigenvalue weighted by molar-refractivity contribution is -0.121. The molecule has 1 aromatic carbocycles. The van der Waals surface area contributed by atoms with E-state index in [0.29, 0.717) is 23.0 Å². The molecule has 0 aliphatic heterocycles. The zero-order valence-corrected chi connectivity index (χ0v) is 13.1. The summed E-state index contributed by atoms with van der Waals surface area (Å²) in [6, 6.07) is 7.18. The molecule has 0 radical (unpaired) electrons. The van der Waals surface area contributed by atoms with Crippen molar-refractivity contribution >= 4 is 17.5 Å². The van der Waals surface area contributed by atoms with Gasteiger partial charge in [-0.15, -0.1) is 0 Å². The number of halogens is 1. The number of hydrogen-bond acceptors (Lipinski definition) is 4. The molecule has 1 aromatic heterocycles. The lowest BCUT2D eigenvalue weighted by atomic mass is 10.2. The van der Waals surface area contributed by atoms with Crippen molar-refractivity contribution in [2.24, 2.45) is 0 Å². The van der Waals surface area contributed by atoms with Crippen LogP contribution in [0, 0.1) is 0 Å². The van der Waals surface area contributed by atoms with Gasteiger partial charge in [0.1, 0.15) is 6.26 Å². The summed E-state index contributed by atoms with van der Waals surface area (Å²) in [7, 11) is 0. The molecule has 0 spiro atoms. The second-order valence-electron chi connectivity index (χ2n) is 5.16. The summed E-state index contributed by atoms with van der Waals surface area (Å²) in [5, 5.41) is 12.3. The van der Waals surface area contributed by atoms with E-state index in [4.69, 9.17) is 21.1 Å². The van der Waals surface area contributed by atoms with Gasteiger partial charge in [-0.3, -0.25) is 4.79 Å². The molecule has 118 valence electrons. The van der Waals surface area contributed by atoms with Crippen molar-refractivity contribution in [3.63, 3.8) is 0 Å². The second-order valence-corrected chi connectivity index (χ2v) is 5.60.